The summed E-state index contributed by atoms with van der Waals surface area (Å²) < 4.78 is 0. The van der Waals surface area contributed by atoms with E-state index >= 15 is 0 Å². The van der Waals surface area contributed by atoms with Gasteiger partial charge < -0.3 is 5.73 Å². The van der Waals surface area contributed by atoms with Crippen LogP contribution in [0.4, 0.5) is 0 Å². The Morgan fingerprint density at radius 3 is 2.39 bits per heavy atom. The Morgan fingerprint density at radius 2 is 1.72 bits per heavy atom. The predicted octanol–water partition coefficient (Wildman–Crippen LogP) is 5.26. The molecule has 2 N–H and O–H groups in total. The molecule has 0 aromatic heterocycles. The summed E-state index contributed by atoms with van der Waals surface area (Å²) in [6, 6.07) is 11.1. The van der Waals surface area contributed by atoms with Gasteiger partial charge in [0.05, 0.1) is 5.02 Å². The van der Waals surface area contributed by atoms with Gasteiger partial charge in [-0.1, -0.05) is 52.6 Å². The fourth-order valence-corrected chi connectivity index (χ4v) is 3.15. The molecule has 0 aliphatic carbocycles. The van der Waals surface area contributed by atoms with Crippen LogP contribution < -0.4 is 5.73 Å². The van der Waals surface area contributed by atoms with Gasteiger partial charge in [0.15, 0.2) is 0 Å². The van der Waals surface area contributed by atoms with Crippen LogP contribution in [0.3, 0.4) is 0 Å². The van der Waals surface area contributed by atoms with Gasteiger partial charge in [-0.25, -0.2) is 0 Å². The standard InChI is InChI=1S/C13H10Cl3NS/c14-9-2-4-11(15)13(5-9)18-10-3-1-8(7-17)12(16)6-10/h1-6H,7,17H2. The summed E-state index contributed by atoms with van der Waals surface area (Å²) in [5.41, 5.74) is 6.50. The van der Waals surface area contributed by atoms with Crippen molar-refractivity contribution in [2.24, 2.45) is 5.73 Å². The monoisotopic (exact) mass is 317 g/mol. The van der Waals surface area contributed by atoms with Gasteiger partial charge in [-0.3, -0.25) is 0 Å². The molecule has 0 atom stereocenters. The van der Waals surface area contributed by atoms with E-state index in [0.29, 0.717) is 21.6 Å². The fraction of sp³-hybridized carbons (Fsp3) is 0.0769. The van der Waals surface area contributed by atoms with Crippen LogP contribution in [0.1, 0.15) is 5.56 Å². The number of benzene rings is 2. The lowest BCUT2D eigenvalue weighted by Crippen LogP contribution is -1.96. The lowest BCUT2D eigenvalue weighted by atomic mass is 10.2. The van der Waals surface area contributed by atoms with Gasteiger partial charge in [-0.05, 0) is 35.9 Å². The predicted molar refractivity (Wildman–Crippen MR) is 79.9 cm³/mol. The number of hydrogen-bond donors (Lipinski definition) is 1. The number of rotatable bonds is 3. The highest BCUT2D eigenvalue weighted by molar-refractivity contribution is 7.99. The van der Waals surface area contributed by atoms with E-state index in [4.69, 9.17) is 40.5 Å². The Bertz CT molecular complexity index is 572. The minimum Gasteiger partial charge on any atom is -0.326 e. The second kappa shape index (κ2) is 6.18. The largest absolute Gasteiger partial charge is 0.326 e. The van der Waals surface area contributed by atoms with E-state index in [-0.39, 0.29) is 0 Å². The highest BCUT2D eigenvalue weighted by atomic mass is 35.5. The van der Waals surface area contributed by atoms with Crippen molar-refractivity contribution in [1.82, 2.24) is 0 Å². The van der Waals surface area contributed by atoms with Crippen molar-refractivity contribution in [1.29, 1.82) is 0 Å². The van der Waals surface area contributed by atoms with Crippen LogP contribution in [-0.2, 0) is 6.54 Å². The third-order valence-corrected chi connectivity index (χ3v) is 4.44. The molecule has 2 rings (SSSR count). The van der Waals surface area contributed by atoms with Gasteiger partial charge in [0.1, 0.15) is 0 Å². The van der Waals surface area contributed by atoms with Crippen LogP contribution in [0.15, 0.2) is 46.2 Å². The molecule has 5 heteroatoms. The summed E-state index contributed by atoms with van der Waals surface area (Å²) in [5.74, 6) is 0. The highest BCUT2D eigenvalue weighted by Gasteiger charge is 2.06. The molecule has 0 saturated heterocycles. The zero-order valence-electron chi connectivity index (χ0n) is 9.29. The van der Waals surface area contributed by atoms with E-state index in [1.165, 1.54) is 11.8 Å². The molecule has 2 aromatic carbocycles. The van der Waals surface area contributed by atoms with Crippen molar-refractivity contribution >= 4 is 46.6 Å². The fourth-order valence-electron chi connectivity index (χ4n) is 1.44. The number of halogens is 3. The van der Waals surface area contributed by atoms with Crippen molar-refractivity contribution in [3.63, 3.8) is 0 Å². The first-order valence-corrected chi connectivity index (χ1v) is 7.16. The first-order chi connectivity index (χ1) is 8.60. The quantitative estimate of drug-likeness (QED) is 0.835. The minimum absolute atomic E-state index is 0.432. The Kier molecular flexibility index (Phi) is 4.82. The van der Waals surface area contributed by atoms with Crippen LogP contribution in [0.2, 0.25) is 15.1 Å². The topological polar surface area (TPSA) is 26.0 Å². The van der Waals surface area contributed by atoms with Crippen molar-refractivity contribution in [3.8, 4) is 0 Å². The van der Waals surface area contributed by atoms with E-state index in [2.05, 4.69) is 0 Å². The molecule has 0 radical (unpaired) electrons. The van der Waals surface area contributed by atoms with Gasteiger partial charge in [0, 0.05) is 26.4 Å². The normalized spacial score (nSPS) is 10.7. The van der Waals surface area contributed by atoms with Crippen LogP contribution in [-0.4, -0.2) is 0 Å². The van der Waals surface area contributed by atoms with E-state index in [0.717, 1.165) is 15.4 Å². The molecule has 0 aliphatic heterocycles. The van der Waals surface area contributed by atoms with Crippen molar-refractivity contribution in [2.45, 2.75) is 16.3 Å². The third kappa shape index (κ3) is 3.34. The Labute approximate surface area is 125 Å². The van der Waals surface area contributed by atoms with E-state index in [1.54, 1.807) is 12.1 Å². The number of hydrogen-bond acceptors (Lipinski definition) is 2. The summed E-state index contributed by atoms with van der Waals surface area (Å²) in [7, 11) is 0. The van der Waals surface area contributed by atoms with Gasteiger partial charge in [-0.15, -0.1) is 0 Å². The molecule has 0 bridgehead atoms. The molecule has 2 aromatic rings. The Hall–Kier alpha value is -0.380. The van der Waals surface area contributed by atoms with E-state index in [1.807, 2.05) is 24.3 Å². The van der Waals surface area contributed by atoms with E-state index in [9.17, 15) is 0 Å². The van der Waals surface area contributed by atoms with Crippen LogP contribution in [0.5, 0.6) is 0 Å². The zero-order chi connectivity index (χ0) is 13.1. The van der Waals surface area contributed by atoms with Gasteiger partial charge in [0.25, 0.3) is 0 Å². The summed E-state index contributed by atoms with van der Waals surface area (Å²) in [4.78, 5) is 1.90. The lowest BCUT2D eigenvalue weighted by molar-refractivity contribution is 1.07. The second-order valence-corrected chi connectivity index (χ2v) is 6.00. The number of nitrogens with two attached hydrogens (primary N) is 1. The SMILES string of the molecule is NCc1ccc(Sc2cc(Cl)ccc2Cl)cc1Cl. The Morgan fingerprint density at radius 1 is 0.944 bits per heavy atom. The molecule has 94 valence electrons. The van der Waals surface area contributed by atoms with Crippen molar-refractivity contribution < 1.29 is 0 Å². The van der Waals surface area contributed by atoms with Gasteiger partial charge in [0.2, 0.25) is 0 Å². The maximum absolute atomic E-state index is 6.11. The van der Waals surface area contributed by atoms with Crippen LogP contribution in [0, 0.1) is 0 Å². The molecule has 1 nitrogen and oxygen atoms in total. The van der Waals surface area contributed by atoms with Crippen LogP contribution >= 0.6 is 46.6 Å². The first-order valence-electron chi connectivity index (χ1n) is 5.21. The maximum Gasteiger partial charge on any atom is 0.0546 e. The molecule has 0 unspecified atom stereocenters. The third-order valence-electron chi connectivity index (χ3n) is 2.37. The van der Waals surface area contributed by atoms with Crippen molar-refractivity contribution in [2.75, 3.05) is 0 Å². The molecular formula is C13H10Cl3NS. The lowest BCUT2D eigenvalue weighted by Gasteiger charge is -2.07. The minimum atomic E-state index is 0.432. The molecular weight excluding hydrogens is 309 g/mol. The van der Waals surface area contributed by atoms with Gasteiger partial charge in [-0.2, -0.15) is 0 Å². The molecule has 0 heterocycles. The second-order valence-electron chi connectivity index (χ2n) is 3.63. The molecule has 18 heavy (non-hydrogen) atoms. The molecule has 0 aliphatic rings. The molecule has 0 amide bonds. The summed E-state index contributed by atoms with van der Waals surface area (Å²) in [6.45, 7) is 0.432. The summed E-state index contributed by atoms with van der Waals surface area (Å²) in [5, 5.41) is 2.00. The summed E-state index contributed by atoms with van der Waals surface area (Å²) in [6.07, 6.45) is 0. The zero-order valence-corrected chi connectivity index (χ0v) is 12.4. The van der Waals surface area contributed by atoms with E-state index < -0.39 is 0 Å². The maximum atomic E-state index is 6.11. The molecule has 0 fully saturated rings. The average molecular weight is 319 g/mol. The van der Waals surface area contributed by atoms with Gasteiger partial charge >= 0.3 is 0 Å². The summed E-state index contributed by atoms with van der Waals surface area (Å²) >= 11 is 19.7. The first kappa shape index (κ1) is 14.0. The Balaban J connectivity index is 2.28. The molecule has 0 saturated carbocycles. The van der Waals surface area contributed by atoms with Crippen LogP contribution in [0.25, 0.3) is 0 Å². The van der Waals surface area contributed by atoms with Crippen molar-refractivity contribution in [3.05, 3.63) is 57.0 Å². The average Bonchev–Trinajstić information content (AvgIpc) is 2.34. The highest BCUT2D eigenvalue weighted by Crippen LogP contribution is 2.36. The molecule has 0 spiro atoms. The smallest absolute Gasteiger partial charge is 0.0546 e.